The van der Waals surface area contributed by atoms with Gasteiger partial charge in [0.15, 0.2) is 9.84 Å². The number of carbonyl (C=O) groups excluding carboxylic acids is 1. The summed E-state index contributed by atoms with van der Waals surface area (Å²) < 4.78 is 22.5. The normalized spacial score (nSPS) is 13.1. The lowest BCUT2D eigenvalue weighted by molar-refractivity contribution is -0.119. The first-order valence-corrected chi connectivity index (χ1v) is 7.31. The predicted molar refractivity (Wildman–Crippen MR) is 67.3 cm³/mol. The van der Waals surface area contributed by atoms with Gasteiger partial charge < -0.3 is 5.32 Å². The third kappa shape index (κ3) is 4.56. The molecule has 0 aliphatic heterocycles. The fraction of sp³-hybridized carbons (Fsp3) is 0.417. The van der Waals surface area contributed by atoms with Gasteiger partial charge in [-0.3, -0.25) is 4.79 Å². The van der Waals surface area contributed by atoms with E-state index in [1.807, 2.05) is 37.3 Å². The maximum absolute atomic E-state index is 11.5. The Morgan fingerprint density at radius 2 is 1.88 bits per heavy atom. The van der Waals surface area contributed by atoms with Gasteiger partial charge in [0.25, 0.3) is 0 Å². The molecule has 0 fully saturated rings. The first-order chi connectivity index (χ1) is 7.94. The van der Waals surface area contributed by atoms with Crippen LogP contribution >= 0.6 is 0 Å². The summed E-state index contributed by atoms with van der Waals surface area (Å²) in [6.45, 7) is 3.36. The van der Waals surface area contributed by atoms with Crippen molar-refractivity contribution in [2.75, 3.05) is 11.5 Å². The summed E-state index contributed by atoms with van der Waals surface area (Å²) in [6, 6.07) is 9.23. The van der Waals surface area contributed by atoms with Gasteiger partial charge >= 0.3 is 0 Å². The van der Waals surface area contributed by atoms with Gasteiger partial charge in [0.2, 0.25) is 5.91 Å². The molecule has 0 unspecified atom stereocenters. The van der Waals surface area contributed by atoms with E-state index in [0.717, 1.165) is 5.56 Å². The van der Waals surface area contributed by atoms with Gasteiger partial charge in [0, 0.05) is 5.75 Å². The van der Waals surface area contributed by atoms with Gasteiger partial charge in [-0.2, -0.15) is 0 Å². The molecule has 94 valence electrons. The molecule has 1 atom stereocenters. The highest BCUT2D eigenvalue weighted by molar-refractivity contribution is 7.92. The van der Waals surface area contributed by atoms with E-state index in [9.17, 15) is 13.2 Å². The molecule has 0 aromatic heterocycles. The number of hydrogen-bond donors (Lipinski definition) is 1. The molecule has 0 saturated heterocycles. The van der Waals surface area contributed by atoms with Crippen LogP contribution in [-0.4, -0.2) is 25.8 Å². The van der Waals surface area contributed by atoms with Crippen molar-refractivity contribution in [1.29, 1.82) is 0 Å². The number of benzene rings is 1. The summed E-state index contributed by atoms with van der Waals surface area (Å²) in [7, 11) is -3.26. The lowest BCUT2D eigenvalue weighted by Gasteiger charge is -2.14. The summed E-state index contributed by atoms with van der Waals surface area (Å²) in [5.41, 5.74) is 0.953. The fourth-order valence-electron chi connectivity index (χ4n) is 1.41. The Morgan fingerprint density at radius 3 is 2.41 bits per heavy atom. The van der Waals surface area contributed by atoms with Crippen molar-refractivity contribution in [2.24, 2.45) is 0 Å². The average Bonchev–Trinajstić information content (AvgIpc) is 2.29. The van der Waals surface area contributed by atoms with Gasteiger partial charge in [-0.25, -0.2) is 8.42 Å². The average molecular weight is 255 g/mol. The van der Waals surface area contributed by atoms with Crippen LogP contribution in [0.2, 0.25) is 0 Å². The molecule has 1 aromatic carbocycles. The fourth-order valence-corrected chi connectivity index (χ4v) is 2.10. The molecule has 17 heavy (non-hydrogen) atoms. The molecular formula is C12H17NO3S. The summed E-state index contributed by atoms with van der Waals surface area (Å²) in [5, 5.41) is 2.67. The highest BCUT2D eigenvalue weighted by atomic mass is 32.2. The van der Waals surface area contributed by atoms with Gasteiger partial charge in [0.1, 0.15) is 5.75 Å². The molecule has 0 spiro atoms. The monoisotopic (exact) mass is 255 g/mol. The second kappa shape index (κ2) is 5.82. The smallest absolute Gasteiger partial charge is 0.235 e. The van der Waals surface area contributed by atoms with Crippen molar-refractivity contribution < 1.29 is 13.2 Å². The molecule has 0 heterocycles. The molecule has 1 amide bonds. The number of sulfone groups is 1. The van der Waals surface area contributed by atoms with Crippen molar-refractivity contribution in [1.82, 2.24) is 5.32 Å². The van der Waals surface area contributed by atoms with E-state index >= 15 is 0 Å². The maximum Gasteiger partial charge on any atom is 0.235 e. The Kier molecular flexibility index (Phi) is 4.69. The Morgan fingerprint density at radius 1 is 1.29 bits per heavy atom. The van der Waals surface area contributed by atoms with E-state index in [1.165, 1.54) is 6.92 Å². The molecule has 1 N–H and O–H groups in total. The summed E-state index contributed by atoms with van der Waals surface area (Å²) >= 11 is 0. The second-order valence-corrected chi connectivity index (χ2v) is 6.23. The van der Waals surface area contributed by atoms with Crippen LogP contribution in [0, 0.1) is 0 Å². The summed E-state index contributed by atoms with van der Waals surface area (Å²) in [5.74, 6) is -0.913. The van der Waals surface area contributed by atoms with Crippen LogP contribution in [0.1, 0.15) is 25.5 Å². The lowest BCUT2D eigenvalue weighted by Crippen LogP contribution is -2.32. The molecule has 4 nitrogen and oxygen atoms in total. The first kappa shape index (κ1) is 13.7. The van der Waals surface area contributed by atoms with E-state index in [0.29, 0.717) is 0 Å². The van der Waals surface area contributed by atoms with E-state index in [1.54, 1.807) is 0 Å². The molecule has 5 heteroatoms. The highest BCUT2D eigenvalue weighted by Crippen LogP contribution is 2.10. The molecule has 0 aliphatic rings. The molecule has 0 saturated carbocycles. The van der Waals surface area contributed by atoms with Crippen molar-refractivity contribution in [3.8, 4) is 0 Å². The van der Waals surface area contributed by atoms with Crippen LogP contribution < -0.4 is 5.32 Å². The van der Waals surface area contributed by atoms with E-state index < -0.39 is 21.5 Å². The van der Waals surface area contributed by atoms with Crippen LogP contribution in [0.5, 0.6) is 0 Å². The Balaban J connectivity index is 2.59. The molecule has 0 bridgehead atoms. The summed E-state index contributed by atoms with van der Waals surface area (Å²) in [6.07, 6.45) is 0. The minimum atomic E-state index is -3.26. The highest BCUT2D eigenvalue weighted by Gasteiger charge is 2.16. The van der Waals surface area contributed by atoms with Crippen molar-refractivity contribution >= 4 is 15.7 Å². The SMILES string of the molecule is CCS(=O)(=O)CC(=O)N[C@H](C)c1ccccc1. The third-order valence-corrected chi connectivity index (χ3v) is 4.05. The van der Waals surface area contributed by atoms with Gasteiger partial charge in [-0.05, 0) is 12.5 Å². The largest absolute Gasteiger partial charge is 0.349 e. The molecule has 1 aromatic rings. The Bertz CT molecular complexity index is 468. The zero-order valence-corrected chi connectivity index (χ0v) is 10.8. The van der Waals surface area contributed by atoms with Crippen LogP contribution in [0.4, 0.5) is 0 Å². The lowest BCUT2D eigenvalue weighted by atomic mass is 10.1. The second-order valence-electron chi connectivity index (χ2n) is 3.88. The molecule has 1 rings (SSSR count). The van der Waals surface area contributed by atoms with Gasteiger partial charge in [-0.15, -0.1) is 0 Å². The molecule has 0 radical (unpaired) electrons. The van der Waals surface area contributed by atoms with Crippen LogP contribution in [0.15, 0.2) is 30.3 Å². The number of carbonyl (C=O) groups is 1. The topological polar surface area (TPSA) is 63.2 Å². The Hall–Kier alpha value is -1.36. The van der Waals surface area contributed by atoms with Crippen molar-refractivity contribution in [3.63, 3.8) is 0 Å². The van der Waals surface area contributed by atoms with Crippen molar-refractivity contribution in [3.05, 3.63) is 35.9 Å². The van der Waals surface area contributed by atoms with Crippen LogP contribution in [0.3, 0.4) is 0 Å². The van der Waals surface area contributed by atoms with Gasteiger partial charge in [0.05, 0.1) is 6.04 Å². The van der Waals surface area contributed by atoms with E-state index in [4.69, 9.17) is 0 Å². The predicted octanol–water partition coefficient (Wildman–Crippen LogP) is 1.30. The maximum atomic E-state index is 11.5. The zero-order valence-electron chi connectivity index (χ0n) is 10.0. The minimum Gasteiger partial charge on any atom is -0.349 e. The zero-order chi connectivity index (χ0) is 12.9. The number of nitrogens with one attached hydrogen (secondary N) is 1. The van der Waals surface area contributed by atoms with Gasteiger partial charge in [-0.1, -0.05) is 37.3 Å². The number of hydrogen-bond acceptors (Lipinski definition) is 3. The number of amides is 1. The van der Waals surface area contributed by atoms with Crippen LogP contribution in [-0.2, 0) is 14.6 Å². The Labute approximate surface area is 102 Å². The number of rotatable bonds is 5. The van der Waals surface area contributed by atoms with Crippen molar-refractivity contribution in [2.45, 2.75) is 19.9 Å². The van der Waals surface area contributed by atoms with E-state index in [2.05, 4.69) is 5.32 Å². The first-order valence-electron chi connectivity index (χ1n) is 5.49. The van der Waals surface area contributed by atoms with E-state index in [-0.39, 0.29) is 11.8 Å². The standard InChI is InChI=1S/C12H17NO3S/c1-3-17(15,16)9-12(14)13-10(2)11-7-5-4-6-8-11/h4-8,10H,3,9H2,1-2H3,(H,13,14)/t10-/m1/s1. The summed E-state index contributed by atoms with van der Waals surface area (Å²) in [4.78, 5) is 11.5. The third-order valence-electron chi connectivity index (χ3n) is 2.47. The quantitative estimate of drug-likeness (QED) is 0.862. The van der Waals surface area contributed by atoms with Crippen LogP contribution in [0.25, 0.3) is 0 Å². The molecular weight excluding hydrogens is 238 g/mol. The molecule has 0 aliphatic carbocycles. The minimum absolute atomic E-state index is 0.0138.